The third-order valence-electron chi connectivity index (χ3n) is 18.8. The summed E-state index contributed by atoms with van der Waals surface area (Å²) in [5.41, 5.74) is 18.9. The largest absolute Gasteiger partial charge is 1.00 e. The molecule has 0 unspecified atom stereocenters. The maximum absolute atomic E-state index is 12.5. The number of quaternary nitrogens is 2. The van der Waals surface area contributed by atoms with Crippen LogP contribution >= 0.6 is 156 Å². The van der Waals surface area contributed by atoms with Crippen LogP contribution in [0.5, 0.6) is 17.2 Å². The lowest BCUT2D eigenvalue weighted by Gasteiger charge is -2.23. The molecule has 3 aromatic heterocycles. The van der Waals surface area contributed by atoms with Crippen molar-refractivity contribution in [3.05, 3.63) is 298 Å². The number of carboxylic acid groups (broad SMARTS) is 2. The van der Waals surface area contributed by atoms with E-state index in [1.54, 1.807) is 87.3 Å². The number of hydrogen-bond acceptors (Lipinski definition) is 33. The number of aromatic nitrogens is 3. The number of carbonyl (C=O) groups excluding carboxylic acids is 6. The molecule has 0 aliphatic rings. The second-order valence-corrected chi connectivity index (χ2v) is 42.6. The number of nitrogens with one attached hydrogen (secondary N) is 2. The number of aromatic hydroxyl groups is 3. The quantitative estimate of drug-likeness (QED) is 0.00580. The summed E-state index contributed by atoms with van der Waals surface area (Å²) in [6.45, 7) is 11.5. The Labute approximate surface area is 901 Å². The highest BCUT2D eigenvalue weighted by molar-refractivity contribution is 8.24. The number of phenols is 2. The van der Waals surface area contributed by atoms with Gasteiger partial charge in [-0.05, 0) is 206 Å². The van der Waals surface area contributed by atoms with Crippen molar-refractivity contribution in [2.24, 2.45) is 11.5 Å². The van der Waals surface area contributed by atoms with Crippen LogP contribution in [-0.2, 0) is 62.6 Å². The van der Waals surface area contributed by atoms with Crippen molar-refractivity contribution >= 4 is 238 Å². The number of rotatable bonds is 35. The van der Waals surface area contributed by atoms with E-state index in [1.165, 1.54) is 56.4 Å². The van der Waals surface area contributed by atoms with E-state index in [0.29, 0.717) is 103 Å². The van der Waals surface area contributed by atoms with E-state index in [-0.39, 0.29) is 96.8 Å². The highest BCUT2D eigenvalue weighted by Gasteiger charge is 2.23. The van der Waals surface area contributed by atoms with E-state index < -0.39 is 24.0 Å². The van der Waals surface area contributed by atoms with Gasteiger partial charge in [0.25, 0.3) is 0 Å². The fourth-order valence-corrected chi connectivity index (χ4v) is 19.2. The fourth-order valence-electron chi connectivity index (χ4n) is 11.6. The number of nitrogens with zero attached hydrogens (tertiary/aromatic N) is 5. The highest BCUT2D eigenvalue weighted by atomic mass is 35.5. The predicted octanol–water partition coefficient (Wildman–Crippen LogP) is 12.7. The summed E-state index contributed by atoms with van der Waals surface area (Å²) < 4.78 is 19.1. The summed E-state index contributed by atoms with van der Waals surface area (Å²) in [4.78, 5) is 109. The number of hydrogen-bond donors (Lipinski definition) is 10. The van der Waals surface area contributed by atoms with E-state index in [4.69, 9.17) is 109 Å². The molecule has 0 saturated carbocycles. The minimum atomic E-state index is -1.06. The molecular formula is C101H111Cl2N9O17S13. The number of nitrogens with two attached hydrogens (primary N) is 2. The standard InChI is InChI=1S/C21H18N2O3S2.C18H21N2O2S2.C17H17NO4S2.C16H15NO3S3.C15H20N2O3S2.C14H20NO2S2.2ClH/c24-17-8-7-14(12-18(17)25)9-11-23-20(27)16-5-1-2-6-19(16)28-21(26)15-4-3-10-22-13-15;1-20(2,3)11-12-22-18(23)15-8-4-5-9-16(15)24-17(21)14-7-6-10-19-13-14;1-10-16(21)14(8-19)12(7-18-10)9-22-17(23)13-5-3-4-6-15(13)24-11(2)20;1-9(18)23-14-7-11-5-3-2-4-10(11)6-12(14)16(21)22-8-13(17)15(19)20;1-10(18)22-13-8-3-2-6-11(13)14(21)17-9-5-4-7-12(16)15(19)20;1-11(16)19-13-8-6-5-7-12(13)14(18)17-10-9-15(2,3)4;;/h1-8,10,12-13,24-25H,9,11H2,(H,23,27);4-10,13H,11-12H2,1-3H3;3-7,19,21H,8-9H2,1-2H3;2-7,13H,8,17H2,1H3,(H,19,20);2-3,6,8,12H,4-5,7,9,16H2,1H3,(H,17,21)(H,19,20);5-8H,9-10H2,1-4H3;2*1H/q;+1;;;;+1;;/p-2/t;;;13-;12-;;;/m...00.../s1. The lowest BCUT2D eigenvalue weighted by atomic mass is 10.1. The van der Waals surface area contributed by atoms with Crippen molar-refractivity contribution in [1.29, 1.82) is 0 Å². The number of aliphatic carboxylic acids is 2. The third-order valence-corrected chi connectivity index (χ3v) is 27.6. The second kappa shape index (κ2) is 64.8. The molecule has 2 atom stereocenters. The van der Waals surface area contributed by atoms with Crippen molar-refractivity contribution in [2.75, 3.05) is 87.4 Å². The number of ether oxygens (including phenoxy) is 3. The van der Waals surface area contributed by atoms with Crippen LogP contribution in [0, 0.1) is 6.92 Å². The summed E-state index contributed by atoms with van der Waals surface area (Å²) in [7, 11) is 12.6. The van der Waals surface area contributed by atoms with E-state index in [9.17, 15) is 58.8 Å². The minimum Gasteiger partial charge on any atom is -1.00 e. The molecule has 142 heavy (non-hydrogen) atoms. The third kappa shape index (κ3) is 45.6. The predicted molar refractivity (Wildman–Crippen MR) is 587 cm³/mol. The molecule has 11 aromatic rings. The van der Waals surface area contributed by atoms with Crippen LogP contribution in [0.15, 0.2) is 261 Å². The number of thiocarbonyl (C=S) groups is 6. The lowest BCUT2D eigenvalue weighted by Crippen LogP contribution is -3.00. The number of benzene rings is 8. The topological polar surface area (TPSA) is 400 Å². The van der Waals surface area contributed by atoms with Crippen molar-refractivity contribution in [1.82, 2.24) is 25.6 Å². The number of halogens is 2. The van der Waals surface area contributed by atoms with E-state index in [0.717, 1.165) is 161 Å². The molecule has 11 rings (SSSR count). The molecule has 0 bridgehead atoms. The number of likely N-dealkylation sites (N-methyl/N-ethyl adjacent to an activating group) is 2. The smallest absolute Gasteiger partial charge is 0.321 e. The van der Waals surface area contributed by atoms with E-state index in [2.05, 4.69) is 67.9 Å². The van der Waals surface area contributed by atoms with Crippen molar-refractivity contribution in [3.63, 3.8) is 0 Å². The molecule has 0 aliphatic heterocycles. The summed E-state index contributed by atoms with van der Waals surface area (Å²) >= 11 is 40.3. The molecular weight excluding hydrogens is 2100 g/mol. The van der Waals surface area contributed by atoms with Gasteiger partial charge in [0.1, 0.15) is 60.7 Å². The molecule has 0 aliphatic carbocycles. The molecule has 12 N–H and O–H groups in total. The van der Waals surface area contributed by atoms with Gasteiger partial charge in [0.15, 0.2) is 47.1 Å². The molecule has 754 valence electrons. The summed E-state index contributed by atoms with van der Waals surface area (Å²) in [5.74, 6) is -2.18. The zero-order chi connectivity index (χ0) is 103. The van der Waals surface area contributed by atoms with Gasteiger partial charge in [-0.1, -0.05) is 187 Å². The normalized spacial score (nSPS) is 11.0. The van der Waals surface area contributed by atoms with Crippen molar-refractivity contribution in [2.45, 2.75) is 115 Å². The first-order valence-corrected chi connectivity index (χ1v) is 51.3. The van der Waals surface area contributed by atoms with E-state index in [1.807, 2.05) is 146 Å². The van der Waals surface area contributed by atoms with E-state index >= 15 is 0 Å². The molecule has 0 saturated heterocycles. The Morgan fingerprint density at radius 1 is 0.444 bits per heavy atom. The zero-order valence-electron chi connectivity index (χ0n) is 79.4. The number of carbonyl (C=O) groups is 8. The zero-order valence-corrected chi connectivity index (χ0v) is 91.5. The van der Waals surface area contributed by atoms with Crippen molar-refractivity contribution in [3.8, 4) is 17.2 Å². The minimum absolute atomic E-state index is 0. The van der Waals surface area contributed by atoms with Crippen LogP contribution in [-0.4, -0.2) is 226 Å². The Balaban J connectivity index is 0.000000356. The SMILES string of the molecule is CC(=O)Sc1cc2ccccc2cc1C(=S)SC[C@H](N)C(=O)O.CC(=O)Sc1ccccc1C(=S)NCCCC[C@H](N)C(=O)O.CC(=O)Sc1ccccc1C(=S)OCC[N+](C)(C)C.CC(=O)Sc1ccccc1C(=S)OCc1cnc(C)c(O)c1CO.C[N+](C)(C)CCOC(=S)c1ccccc1SC(=O)c1cccnc1.O=C(Sc1ccccc1C(=S)NCCc1ccc(O)c(O)c1)c1cccnc1.[Cl-].[Cl-]. The fraction of sp³-hybridized carbons (Fsp3) is 0.257. The van der Waals surface area contributed by atoms with Crippen LogP contribution in [0.25, 0.3) is 10.8 Å². The Morgan fingerprint density at radius 2 is 0.838 bits per heavy atom. The molecule has 0 radical (unpaired) electrons. The van der Waals surface area contributed by atoms with Crippen LogP contribution in [0.4, 0.5) is 0 Å². The van der Waals surface area contributed by atoms with Gasteiger partial charge < -0.3 is 101 Å². The summed E-state index contributed by atoms with van der Waals surface area (Å²) in [6, 6.07) is 58.9. The van der Waals surface area contributed by atoms with Gasteiger partial charge in [-0.25, -0.2) is 0 Å². The summed E-state index contributed by atoms with van der Waals surface area (Å²) in [5, 5.41) is 65.2. The van der Waals surface area contributed by atoms with Gasteiger partial charge in [0, 0.05) is 163 Å². The Hall–Kier alpha value is -9.80. The van der Waals surface area contributed by atoms with Crippen LogP contribution in [0.3, 0.4) is 0 Å². The molecule has 8 aromatic carbocycles. The number of fused-ring (bicyclic) bond motifs is 1. The van der Waals surface area contributed by atoms with Gasteiger partial charge in [-0.15, -0.1) is 11.8 Å². The van der Waals surface area contributed by atoms with Gasteiger partial charge in [0.05, 0.1) is 58.8 Å². The number of aryl methyl sites for hydroxylation is 1. The Bertz CT molecular complexity index is 6170. The number of aliphatic hydroxyl groups excluding tert-OH is 1. The Morgan fingerprint density at radius 3 is 1.25 bits per heavy atom. The molecule has 26 nitrogen and oxygen atoms in total. The number of phenolic OH excluding ortho intramolecular Hbond substituents is 2. The molecule has 0 amide bonds. The number of unbranched alkanes of at least 4 members (excludes halogenated alkanes) is 1. The number of thioether (sulfide) groups is 7. The average molecular weight is 2210 g/mol. The highest BCUT2D eigenvalue weighted by Crippen LogP contribution is 2.35. The van der Waals surface area contributed by atoms with Gasteiger partial charge in [0.2, 0.25) is 10.2 Å². The van der Waals surface area contributed by atoms with Crippen molar-refractivity contribution < 1.29 is 117 Å². The van der Waals surface area contributed by atoms with Crippen LogP contribution in [0.1, 0.15) is 123 Å². The first-order chi connectivity index (χ1) is 66.4. The molecule has 3 heterocycles. The van der Waals surface area contributed by atoms with Gasteiger partial charge in [-0.2, -0.15) is 0 Å². The monoisotopic (exact) mass is 2210 g/mol. The first-order valence-electron chi connectivity index (χ1n) is 43.0. The van der Waals surface area contributed by atoms with Crippen LogP contribution < -0.4 is 46.9 Å². The average Bonchev–Trinajstić information content (AvgIpc) is 0.793. The second-order valence-electron chi connectivity index (χ2n) is 32.1. The maximum Gasteiger partial charge on any atom is 0.321 e. The lowest BCUT2D eigenvalue weighted by molar-refractivity contribution is -0.870. The molecule has 0 fully saturated rings. The Kier molecular flexibility index (Phi) is 56.9. The summed E-state index contributed by atoms with van der Waals surface area (Å²) in [6.07, 6.45) is 10.5. The maximum atomic E-state index is 12.5. The van der Waals surface area contributed by atoms with Gasteiger partial charge >= 0.3 is 11.9 Å². The first kappa shape index (κ1) is 124. The number of carboxylic acids is 2. The molecule has 41 heteroatoms. The van der Waals surface area contributed by atoms with Gasteiger partial charge in [-0.3, -0.25) is 53.3 Å². The number of pyridine rings is 3. The number of aliphatic hydroxyl groups is 1. The molecule has 0 spiro atoms. The van der Waals surface area contributed by atoms with Crippen LogP contribution in [0.2, 0.25) is 0 Å².